The summed E-state index contributed by atoms with van der Waals surface area (Å²) >= 11 is 0. The molecule has 1 aliphatic heterocycles. The summed E-state index contributed by atoms with van der Waals surface area (Å²) in [5.41, 5.74) is 1.28. The van der Waals surface area contributed by atoms with Gasteiger partial charge in [0.05, 0.1) is 5.60 Å². The third-order valence-electron chi connectivity index (χ3n) is 6.16. The first-order valence-electron chi connectivity index (χ1n) is 9.82. The molecule has 2 aromatic rings. The van der Waals surface area contributed by atoms with Crippen LogP contribution >= 0.6 is 0 Å². The number of carbonyl (C=O) groups is 1. The second-order valence-electron chi connectivity index (χ2n) is 8.29. The molecular weight excluding hydrogens is 338 g/mol. The molecular formula is C23H27NO3. The Bertz CT molecular complexity index is 773. The zero-order valence-corrected chi connectivity index (χ0v) is 15.6. The predicted octanol–water partition coefficient (Wildman–Crippen LogP) is 3.28. The second kappa shape index (κ2) is 7.45. The van der Waals surface area contributed by atoms with Crippen LogP contribution in [0.4, 0.5) is 0 Å². The Morgan fingerprint density at radius 3 is 2.26 bits per heavy atom. The van der Waals surface area contributed by atoms with Crippen molar-refractivity contribution in [2.24, 2.45) is 11.8 Å². The average molecular weight is 365 g/mol. The molecule has 1 saturated carbocycles. The van der Waals surface area contributed by atoms with Gasteiger partial charge in [0.1, 0.15) is 5.75 Å². The van der Waals surface area contributed by atoms with E-state index in [0.717, 1.165) is 38.9 Å². The van der Waals surface area contributed by atoms with E-state index in [2.05, 4.69) is 17.0 Å². The Labute approximate surface area is 160 Å². The average Bonchev–Trinajstić information content (AvgIpc) is 3.15. The molecule has 0 amide bonds. The van der Waals surface area contributed by atoms with Crippen LogP contribution in [0.1, 0.15) is 35.2 Å². The molecule has 4 nitrogen and oxygen atoms in total. The molecule has 27 heavy (non-hydrogen) atoms. The topological polar surface area (TPSA) is 60.8 Å². The molecule has 142 valence electrons. The van der Waals surface area contributed by atoms with Crippen molar-refractivity contribution in [1.29, 1.82) is 0 Å². The van der Waals surface area contributed by atoms with E-state index in [9.17, 15) is 15.0 Å². The first-order chi connectivity index (χ1) is 13.0. The highest BCUT2D eigenvalue weighted by atomic mass is 16.3. The van der Waals surface area contributed by atoms with Crippen molar-refractivity contribution in [3.63, 3.8) is 0 Å². The van der Waals surface area contributed by atoms with Crippen molar-refractivity contribution in [1.82, 2.24) is 4.90 Å². The number of hydrogen-bond donors (Lipinski definition) is 2. The molecule has 1 aliphatic carbocycles. The summed E-state index contributed by atoms with van der Waals surface area (Å²) in [6.07, 6.45) is 2.95. The van der Waals surface area contributed by atoms with Gasteiger partial charge in [-0.2, -0.15) is 0 Å². The number of aliphatic hydroxyl groups is 1. The molecule has 0 spiro atoms. The van der Waals surface area contributed by atoms with Gasteiger partial charge in [-0.1, -0.05) is 30.3 Å². The van der Waals surface area contributed by atoms with Gasteiger partial charge in [-0.25, -0.2) is 0 Å². The lowest BCUT2D eigenvalue weighted by Crippen LogP contribution is -2.32. The molecule has 0 unspecified atom stereocenters. The maximum Gasteiger partial charge on any atom is 0.164 e. The molecule has 4 rings (SSSR count). The lowest BCUT2D eigenvalue weighted by molar-refractivity contribution is 0.0353. The largest absolute Gasteiger partial charge is 0.508 e. The fourth-order valence-corrected chi connectivity index (χ4v) is 4.91. The van der Waals surface area contributed by atoms with Gasteiger partial charge in [0, 0.05) is 38.0 Å². The van der Waals surface area contributed by atoms with E-state index >= 15 is 0 Å². The van der Waals surface area contributed by atoms with Crippen molar-refractivity contribution >= 4 is 5.78 Å². The number of ketones is 1. The minimum Gasteiger partial charge on any atom is -0.508 e. The van der Waals surface area contributed by atoms with E-state index < -0.39 is 5.60 Å². The Balaban J connectivity index is 1.27. The van der Waals surface area contributed by atoms with Crippen molar-refractivity contribution in [3.05, 3.63) is 65.7 Å². The van der Waals surface area contributed by atoms with E-state index in [-0.39, 0.29) is 11.5 Å². The molecule has 1 heterocycles. The Hall–Kier alpha value is -2.17. The summed E-state index contributed by atoms with van der Waals surface area (Å²) in [4.78, 5) is 14.7. The molecule has 0 radical (unpaired) electrons. The number of nitrogens with zero attached hydrogens (tertiary/aromatic N) is 1. The lowest BCUT2D eigenvalue weighted by Gasteiger charge is -2.26. The zero-order chi connectivity index (χ0) is 18.9. The number of phenolic OH excluding ortho intramolecular Hbond substituents is 1. The summed E-state index contributed by atoms with van der Waals surface area (Å²) in [6, 6.07) is 16.7. The highest BCUT2D eigenvalue weighted by Gasteiger charge is 2.47. The third kappa shape index (κ3) is 4.23. The van der Waals surface area contributed by atoms with Gasteiger partial charge in [-0.15, -0.1) is 0 Å². The van der Waals surface area contributed by atoms with Crippen LogP contribution in [-0.2, 0) is 6.42 Å². The summed E-state index contributed by atoms with van der Waals surface area (Å²) in [5, 5.41) is 20.4. The smallest absolute Gasteiger partial charge is 0.164 e. The molecule has 0 bridgehead atoms. The number of rotatable bonds is 6. The van der Waals surface area contributed by atoms with E-state index in [0.29, 0.717) is 23.8 Å². The van der Waals surface area contributed by atoms with Crippen LogP contribution in [0.2, 0.25) is 0 Å². The standard InChI is InChI=1S/C23H27NO3/c25-21-8-6-18(7-9-21)22(26)10-11-24-15-19-13-23(27,14-20(19)16-24)12-17-4-2-1-3-5-17/h1-9,19-20,25,27H,10-16H2/t19-,20+,23+. The minimum atomic E-state index is -0.579. The Kier molecular flexibility index (Phi) is 5.02. The highest BCUT2D eigenvalue weighted by Crippen LogP contribution is 2.45. The van der Waals surface area contributed by atoms with Gasteiger partial charge < -0.3 is 15.1 Å². The van der Waals surface area contributed by atoms with Gasteiger partial charge in [-0.3, -0.25) is 4.79 Å². The SMILES string of the molecule is O=C(CCN1C[C@@H]2C[C@](O)(Cc3ccccc3)C[C@@H]2C1)c1ccc(O)cc1. The van der Waals surface area contributed by atoms with Crippen molar-refractivity contribution < 1.29 is 15.0 Å². The molecule has 4 heteroatoms. The van der Waals surface area contributed by atoms with Gasteiger partial charge in [-0.05, 0) is 54.5 Å². The van der Waals surface area contributed by atoms with Crippen LogP contribution in [0, 0.1) is 11.8 Å². The number of Topliss-reactive ketones (excluding diaryl/α,β-unsaturated/α-hetero) is 1. The Morgan fingerprint density at radius 2 is 1.63 bits per heavy atom. The van der Waals surface area contributed by atoms with Crippen LogP contribution in [0.25, 0.3) is 0 Å². The number of likely N-dealkylation sites (tertiary alicyclic amines) is 1. The van der Waals surface area contributed by atoms with Crippen molar-refractivity contribution in [3.8, 4) is 5.75 Å². The Morgan fingerprint density at radius 1 is 1.00 bits per heavy atom. The predicted molar refractivity (Wildman–Crippen MR) is 105 cm³/mol. The molecule has 2 aliphatic rings. The van der Waals surface area contributed by atoms with Crippen LogP contribution in [-0.4, -0.2) is 46.1 Å². The maximum atomic E-state index is 12.3. The quantitative estimate of drug-likeness (QED) is 0.772. The number of carbonyl (C=O) groups excluding carboxylic acids is 1. The lowest BCUT2D eigenvalue weighted by atomic mass is 9.91. The summed E-state index contributed by atoms with van der Waals surface area (Å²) in [7, 11) is 0. The maximum absolute atomic E-state index is 12.3. The van der Waals surface area contributed by atoms with Crippen LogP contribution in [0.3, 0.4) is 0 Å². The summed E-state index contributed by atoms with van der Waals surface area (Å²) in [6.45, 7) is 2.72. The molecule has 2 fully saturated rings. The molecule has 2 aromatic carbocycles. The number of benzene rings is 2. The minimum absolute atomic E-state index is 0.118. The number of fused-ring (bicyclic) bond motifs is 1. The van der Waals surface area contributed by atoms with Crippen LogP contribution in [0.5, 0.6) is 5.75 Å². The highest BCUT2D eigenvalue weighted by molar-refractivity contribution is 5.96. The second-order valence-corrected chi connectivity index (χ2v) is 8.29. The van der Waals surface area contributed by atoms with E-state index in [1.54, 1.807) is 24.3 Å². The molecule has 2 N–H and O–H groups in total. The van der Waals surface area contributed by atoms with E-state index in [4.69, 9.17) is 0 Å². The summed E-state index contributed by atoms with van der Waals surface area (Å²) < 4.78 is 0. The number of phenols is 1. The van der Waals surface area contributed by atoms with Crippen molar-refractivity contribution in [2.75, 3.05) is 19.6 Å². The van der Waals surface area contributed by atoms with Crippen molar-refractivity contribution in [2.45, 2.75) is 31.3 Å². The van der Waals surface area contributed by atoms with Crippen LogP contribution in [0.15, 0.2) is 54.6 Å². The first kappa shape index (κ1) is 18.2. The summed E-state index contributed by atoms with van der Waals surface area (Å²) in [5.74, 6) is 1.36. The van der Waals surface area contributed by atoms with Gasteiger partial charge in [0.25, 0.3) is 0 Å². The zero-order valence-electron chi connectivity index (χ0n) is 15.6. The van der Waals surface area contributed by atoms with Gasteiger partial charge in [0.2, 0.25) is 0 Å². The third-order valence-corrected chi connectivity index (χ3v) is 6.16. The normalized spacial score (nSPS) is 27.6. The molecule has 3 atom stereocenters. The van der Waals surface area contributed by atoms with E-state index in [1.165, 1.54) is 5.56 Å². The van der Waals surface area contributed by atoms with Gasteiger partial charge in [0.15, 0.2) is 5.78 Å². The number of aromatic hydroxyl groups is 1. The number of hydrogen-bond acceptors (Lipinski definition) is 4. The van der Waals surface area contributed by atoms with Gasteiger partial charge >= 0.3 is 0 Å². The van der Waals surface area contributed by atoms with E-state index in [1.807, 2.05) is 18.2 Å². The monoisotopic (exact) mass is 365 g/mol. The fourth-order valence-electron chi connectivity index (χ4n) is 4.91. The van der Waals surface area contributed by atoms with Crippen LogP contribution < -0.4 is 0 Å². The molecule has 0 aromatic heterocycles. The molecule has 1 saturated heterocycles. The fraction of sp³-hybridized carbons (Fsp3) is 0.435. The first-order valence-corrected chi connectivity index (χ1v) is 9.82.